The number of nitrogens with one attached hydrogen (secondary N) is 1. The molecule has 0 spiro atoms. The van der Waals surface area contributed by atoms with Crippen molar-refractivity contribution in [3.05, 3.63) is 92.3 Å². The van der Waals surface area contributed by atoms with Crippen molar-refractivity contribution in [3.63, 3.8) is 0 Å². The topological polar surface area (TPSA) is 116 Å². The minimum Gasteiger partial charge on any atom is -0.494 e. The lowest BCUT2D eigenvalue weighted by Crippen LogP contribution is -2.23. The quantitative estimate of drug-likeness (QED) is 0.173. The summed E-state index contributed by atoms with van der Waals surface area (Å²) in [5, 5.41) is 14.6. The van der Waals surface area contributed by atoms with E-state index >= 15 is 0 Å². The highest BCUT2D eigenvalue weighted by Gasteiger charge is 2.18. The van der Waals surface area contributed by atoms with Crippen molar-refractivity contribution in [1.29, 1.82) is 0 Å². The lowest BCUT2D eigenvalue weighted by Gasteiger charge is -2.16. The van der Waals surface area contributed by atoms with Crippen molar-refractivity contribution in [2.45, 2.75) is 19.0 Å². The van der Waals surface area contributed by atoms with Crippen LogP contribution in [-0.2, 0) is 4.79 Å². The summed E-state index contributed by atoms with van der Waals surface area (Å²) in [6, 6.07) is 16.8. The van der Waals surface area contributed by atoms with E-state index in [4.69, 9.17) is 4.74 Å². The van der Waals surface area contributed by atoms with Gasteiger partial charge in [0.05, 0.1) is 46.1 Å². The second-order valence-corrected chi connectivity index (χ2v) is 8.76. The third kappa shape index (κ3) is 5.02. The zero-order valence-corrected chi connectivity index (χ0v) is 20.1. The molecule has 1 N–H and O–H groups in total. The maximum absolute atomic E-state index is 13.4. The molecule has 9 nitrogen and oxygen atoms in total. The average molecular weight is 491 g/mol. The van der Waals surface area contributed by atoms with Gasteiger partial charge in [0.1, 0.15) is 5.75 Å². The Balaban J connectivity index is 1.66. The van der Waals surface area contributed by atoms with Gasteiger partial charge in [0.25, 0.3) is 11.2 Å². The Labute approximate surface area is 204 Å². The zero-order chi connectivity index (χ0) is 25.1. The molecular weight excluding hydrogens is 468 g/mol. The number of para-hydroxylation sites is 1. The van der Waals surface area contributed by atoms with Crippen LogP contribution in [0, 0.1) is 24.0 Å². The maximum atomic E-state index is 13.4. The van der Waals surface area contributed by atoms with Gasteiger partial charge in [-0.2, -0.15) is 0 Å². The first-order valence-corrected chi connectivity index (χ1v) is 11.6. The fraction of sp³-hybridized carbons (Fsp3) is 0.160. The Bertz CT molecular complexity index is 1520. The highest BCUT2D eigenvalue weighted by atomic mass is 32.2. The van der Waals surface area contributed by atoms with E-state index in [-0.39, 0.29) is 28.7 Å². The number of aryl methyl sites for hydroxylation is 2. The number of anilines is 1. The molecule has 0 atom stereocenters. The largest absolute Gasteiger partial charge is 0.494 e. The molecule has 1 aromatic heterocycles. The van der Waals surface area contributed by atoms with Crippen LogP contribution >= 0.6 is 11.8 Å². The Morgan fingerprint density at radius 1 is 1.14 bits per heavy atom. The van der Waals surface area contributed by atoms with Gasteiger partial charge in [-0.15, -0.1) is 0 Å². The van der Waals surface area contributed by atoms with Gasteiger partial charge in [0, 0.05) is 6.07 Å². The molecule has 0 saturated carbocycles. The molecule has 4 aromatic rings. The molecule has 1 heterocycles. The Kier molecular flexibility index (Phi) is 6.83. The molecule has 178 valence electrons. The van der Waals surface area contributed by atoms with Crippen LogP contribution in [0.3, 0.4) is 0 Å². The molecule has 4 rings (SSSR count). The van der Waals surface area contributed by atoms with Crippen LogP contribution in [0.15, 0.2) is 70.6 Å². The standard InChI is InChI=1S/C25H22N4O5S/c1-15-8-11-21(16(2)12-15)28-24(31)18-6-4-5-7-19(18)27-25(28)35-14-23(30)26-20-10-9-17(29(32)33)13-22(20)34-3/h4-13H,14H2,1-3H3,(H,26,30). The fourth-order valence-corrected chi connectivity index (χ4v) is 4.50. The number of hydrogen-bond acceptors (Lipinski definition) is 7. The van der Waals surface area contributed by atoms with E-state index in [1.54, 1.807) is 24.3 Å². The molecule has 0 radical (unpaired) electrons. The second kappa shape index (κ2) is 9.98. The lowest BCUT2D eigenvalue weighted by molar-refractivity contribution is -0.384. The number of hydrogen-bond donors (Lipinski definition) is 1. The number of thioether (sulfide) groups is 1. The second-order valence-electron chi connectivity index (χ2n) is 7.82. The molecule has 3 aromatic carbocycles. The molecule has 0 saturated heterocycles. The number of nitro benzene ring substituents is 1. The summed E-state index contributed by atoms with van der Waals surface area (Å²) in [4.78, 5) is 41.3. The highest BCUT2D eigenvalue weighted by Crippen LogP contribution is 2.30. The molecule has 10 heteroatoms. The van der Waals surface area contributed by atoms with Gasteiger partial charge < -0.3 is 10.1 Å². The zero-order valence-electron chi connectivity index (χ0n) is 19.3. The van der Waals surface area contributed by atoms with Gasteiger partial charge in [-0.1, -0.05) is 41.6 Å². The van der Waals surface area contributed by atoms with Crippen LogP contribution in [0.2, 0.25) is 0 Å². The van der Waals surface area contributed by atoms with Crippen molar-refractivity contribution < 1.29 is 14.5 Å². The van der Waals surface area contributed by atoms with Gasteiger partial charge in [0.15, 0.2) is 5.16 Å². The summed E-state index contributed by atoms with van der Waals surface area (Å²) in [6.07, 6.45) is 0. The number of benzene rings is 3. The minimum absolute atomic E-state index is 0.0458. The summed E-state index contributed by atoms with van der Waals surface area (Å²) in [5.74, 6) is -0.249. The van der Waals surface area contributed by atoms with Crippen molar-refractivity contribution >= 4 is 39.9 Å². The van der Waals surface area contributed by atoms with Gasteiger partial charge in [0.2, 0.25) is 5.91 Å². The first-order valence-electron chi connectivity index (χ1n) is 10.6. The van der Waals surface area contributed by atoms with Gasteiger partial charge in [-0.05, 0) is 43.7 Å². The predicted molar refractivity (Wildman–Crippen MR) is 136 cm³/mol. The molecule has 0 aliphatic heterocycles. The Morgan fingerprint density at radius 3 is 2.63 bits per heavy atom. The lowest BCUT2D eigenvalue weighted by atomic mass is 10.1. The van der Waals surface area contributed by atoms with Crippen LogP contribution in [-0.4, -0.2) is 33.2 Å². The number of non-ortho nitro benzene ring substituents is 1. The molecular formula is C25H22N4O5S. The maximum Gasteiger partial charge on any atom is 0.273 e. The van der Waals surface area contributed by atoms with Crippen molar-refractivity contribution in [3.8, 4) is 11.4 Å². The summed E-state index contributed by atoms with van der Waals surface area (Å²) >= 11 is 1.12. The average Bonchev–Trinajstić information content (AvgIpc) is 2.83. The normalized spacial score (nSPS) is 10.8. The summed E-state index contributed by atoms with van der Waals surface area (Å²) in [5.41, 5.74) is 3.15. The number of carbonyl (C=O) groups excluding carboxylic acids is 1. The number of aromatic nitrogens is 2. The van der Waals surface area contributed by atoms with E-state index in [0.29, 0.717) is 27.4 Å². The number of amides is 1. The molecule has 0 bridgehead atoms. The van der Waals surface area contributed by atoms with Crippen molar-refractivity contribution in [2.24, 2.45) is 0 Å². The molecule has 1 amide bonds. The summed E-state index contributed by atoms with van der Waals surface area (Å²) in [7, 11) is 1.37. The number of rotatable bonds is 7. The number of ether oxygens (including phenoxy) is 1. The molecule has 35 heavy (non-hydrogen) atoms. The first-order chi connectivity index (χ1) is 16.8. The van der Waals surface area contributed by atoms with E-state index in [2.05, 4.69) is 10.3 Å². The number of carbonyl (C=O) groups is 1. The monoisotopic (exact) mass is 490 g/mol. The molecule has 0 unspecified atom stereocenters. The number of nitro groups is 1. The predicted octanol–water partition coefficient (Wildman–Crippen LogP) is 4.65. The molecule has 0 aliphatic rings. The number of methoxy groups -OCH3 is 1. The highest BCUT2D eigenvalue weighted by molar-refractivity contribution is 7.99. The molecule has 0 fully saturated rings. The molecule has 0 aliphatic carbocycles. The van der Waals surface area contributed by atoms with Crippen LogP contribution in [0.25, 0.3) is 16.6 Å². The SMILES string of the molecule is COc1cc([N+](=O)[O-])ccc1NC(=O)CSc1nc2ccccc2c(=O)n1-c1ccc(C)cc1C. The summed E-state index contributed by atoms with van der Waals surface area (Å²) in [6.45, 7) is 3.90. The van der Waals surface area contributed by atoms with Crippen LogP contribution in [0.5, 0.6) is 5.75 Å². The van der Waals surface area contributed by atoms with E-state index in [0.717, 1.165) is 22.9 Å². The third-order valence-corrected chi connectivity index (χ3v) is 6.28. The Morgan fingerprint density at radius 2 is 1.91 bits per heavy atom. The smallest absolute Gasteiger partial charge is 0.273 e. The van der Waals surface area contributed by atoms with Crippen LogP contribution in [0.4, 0.5) is 11.4 Å². The van der Waals surface area contributed by atoms with Crippen molar-refractivity contribution in [1.82, 2.24) is 9.55 Å². The van der Waals surface area contributed by atoms with Crippen LogP contribution in [0.1, 0.15) is 11.1 Å². The van der Waals surface area contributed by atoms with Gasteiger partial charge >= 0.3 is 0 Å². The van der Waals surface area contributed by atoms with Crippen LogP contribution < -0.4 is 15.6 Å². The third-order valence-electron chi connectivity index (χ3n) is 5.34. The fourth-order valence-electron chi connectivity index (χ4n) is 3.69. The number of nitrogens with zero attached hydrogens (tertiary/aromatic N) is 3. The van der Waals surface area contributed by atoms with E-state index < -0.39 is 4.92 Å². The summed E-state index contributed by atoms with van der Waals surface area (Å²) < 4.78 is 6.71. The van der Waals surface area contributed by atoms with E-state index in [1.165, 1.54) is 29.9 Å². The van der Waals surface area contributed by atoms with Crippen molar-refractivity contribution in [2.75, 3.05) is 18.2 Å². The van der Waals surface area contributed by atoms with E-state index in [1.807, 2.05) is 32.0 Å². The van der Waals surface area contributed by atoms with Gasteiger partial charge in [-0.25, -0.2) is 4.98 Å². The number of fused-ring (bicyclic) bond motifs is 1. The Hall–Kier alpha value is -4.18. The minimum atomic E-state index is -0.540. The van der Waals surface area contributed by atoms with Gasteiger partial charge in [-0.3, -0.25) is 24.3 Å². The first kappa shape index (κ1) is 24.0. The van der Waals surface area contributed by atoms with E-state index in [9.17, 15) is 19.7 Å².